The highest BCUT2D eigenvalue weighted by atomic mass is 35.5. The van der Waals surface area contributed by atoms with Gasteiger partial charge in [-0.25, -0.2) is 0 Å². The van der Waals surface area contributed by atoms with Gasteiger partial charge in [0.05, 0.1) is 28.0 Å². The van der Waals surface area contributed by atoms with E-state index in [0.29, 0.717) is 26.4 Å². The largest absolute Gasteiger partial charge is 0.375 e. The molecule has 0 heterocycles. The number of nitrogens with one attached hydrogen (secondary N) is 2. The molecule has 2 aromatic rings. The quantitative estimate of drug-likeness (QED) is 0.854. The Morgan fingerprint density at radius 2 is 1.65 bits per heavy atom. The summed E-state index contributed by atoms with van der Waals surface area (Å²) in [6.07, 6.45) is 0. The normalized spacial score (nSPS) is 10.2. The zero-order valence-electron chi connectivity index (χ0n) is 10.3. The van der Waals surface area contributed by atoms with E-state index >= 15 is 0 Å². The van der Waals surface area contributed by atoms with Crippen LogP contribution in [0, 0.1) is 0 Å². The molecule has 0 bridgehead atoms. The van der Waals surface area contributed by atoms with E-state index in [9.17, 15) is 4.79 Å². The highest BCUT2D eigenvalue weighted by molar-refractivity contribution is 6.35. The average Bonchev–Trinajstić information content (AvgIpc) is 2.42. The van der Waals surface area contributed by atoms with Crippen molar-refractivity contribution in [2.75, 3.05) is 17.2 Å². The lowest BCUT2D eigenvalue weighted by Crippen LogP contribution is -2.22. The molecule has 0 unspecified atom stereocenters. The molecule has 0 saturated heterocycles. The first-order valence-electron chi connectivity index (χ1n) is 5.79. The van der Waals surface area contributed by atoms with Crippen LogP contribution in [-0.4, -0.2) is 12.5 Å². The van der Waals surface area contributed by atoms with Gasteiger partial charge in [0.1, 0.15) is 0 Å². The molecule has 0 aromatic heterocycles. The molecule has 0 fully saturated rings. The maximum Gasteiger partial charge on any atom is 0.243 e. The van der Waals surface area contributed by atoms with E-state index < -0.39 is 0 Å². The predicted molar refractivity (Wildman–Crippen MR) is 85.0 cm³/mol. The summed E-state index contributed by atoms with van der Waals surface area (Å²) in [6.45, 7) is 0.0760. The van der Waals surface area contributed by atoms with E-state index in [1.807, 2.05) is 12.1 Å². The van der Waals surface area contributed by atoms with Gasteiger partial charge in [0, 0.05) is 5.02 Å². The first kappa shape index (κ1) is 15.0. The van der Waals surface area contributed by atoms with Crippen LogP contribution >= 0.6 is 34.8 Å². The fourth-order valence-corrected chi connectivity index (χ4v) is 2.11. The van der Waals surface area contributed by atoms with E-state index in [1.165, 1.54) is 0 Å². The van der Waals surface area contributed by atoms with Gasteiger partial charge in [-0.2, -0.15) is 0 Å². The van der Waals surface area contributed by atoms with Crippen LogP contribution in [0.5, 0.6) is 0 Å². The van der Waals surface area contributed by atoms with Crippen molar-refractivity contribution in [3.05, 3.63) is 57.5 Å². The second-order valence-electron chi connectivity index (χ2n) is 4.01. The van der Waals surface area contributed by atoms with Gasteiger partial charge >= 0.3 is 0 Å². The Morgan fingerprint density at radius 1 is 0.950 bits per heavy atom. The van der Waals surface area contributed by atoms with Crippen molar-refractivity contribution in [2.24, 2.45) is 0 Å². The number of carbonyl (C=O) groups excluding carboxylic acids is 1. The molecule has 1 amide bonds. The smallest absolute Gasteiger partial charge is 0.243 e. The van der Waals surface area contributed by atoms with Gasteiger partial charge in [0.15, 0.2) is 0 Å². The van der Waals surface area contributed by atoms with Crippen LogP contribution in [-0.2, 0) is 4.79 Å². The molecule has 0 atom stereocenters. The van der Waals surface area contributed by atoms with Gasteiger partial charge in [-0.1, -0.05) is 46.9 Å². The van der Waals surface area contributed by atoms with Crippen LogP contribution in [0.15, 0.2) is 42.5 Å². The van der Waals surface area contributed by atoms with Crippen molar-refractivity contribution in [3.8, 4) is 0 Å². The van der Waals surface area contributed by atoms with E-state index in [1.54, 1.807) is 30.3 Å². The highest BCUT2D eigenvalue weighted by Gasteiger charge is 2.07. The minimum absolute atomic E-state index is 0.0760. The second kappa shape index (κ2) is 6.84. The predicted octanol–water partition coefficient (Wildman–Crippen LogP) is 4.70. The third-order valence-corrected chi connectivity index (χ3v) is 3.41. The summed E-state index contributed by atoms with van der Waals surface area (Å²) < 4.78 is 0. The van der Waals surface area contributed by atoms with Gasteiger partial charge in [-0.3, -0.25) is 4.79 Å². The monoisotopic (exact) mass is 328 g/mol. The van der Waals surface area contributed by atoms with Crippen LogP contribution < -0.4 is 10.6 Å². The van der Waals surface area contributed by atoms with Crippen molar-refractivity contribution < 1.29 is 4.79 Å². The third kappa shape index (κ3) is 4.04. The van der Waals surface area contributed by atoms with Gasteiger partial charge in [0.2, 0.25) is 5.91 Å². The number of carbonyl (C=O) groups is 1. The van der Waals surface area contributed by atoms with Crippen molar-refractivity contribution in [2.45, 2.75) is 0 Å². The Morgan fingerprint density at radius 3 is 2.40 bits per heavy atom. The Hall–Kier alpha value is -1.42. The maximum atomic E-state index is 11.8. The summed E-state index contributed by atoms with van der Waals surface area (Å²) in [5, 5.41) is 7.12. The lowest BCUT2D eigenvalue weighted by molar-refractivity contribution is -0.114. The fourth-order valence-electron chi connectivity index (χ4n) is 1.57. The van der Waals surface area contributed by atoms with Crippen LogP contribution in [0.2, 0.25) is 15.1 Å². The minimum atomic E-state index is -0.242. The Labute approximate surface area is 131 Å². The summed E-state index contributed by atoms with van der Waals surface area (Å²) in [4.78, 5) is 11.8. The van der Waals surface area contributed by atoms with Crippen LogP contribution in [0.4, 0.5) is 11.4 Å². The zero-order valence-corrected chi connectivity index (χ0v) is 12.6. The molecule has 2 aromatic carbocycles. The Bertz CT molecular complexity index is 632. The number of amides is 1. The van der Waals surface area contributed by atoms with Crippen molar-refractivity contribution in [3.63, 3.8) is 0 Å². The number of hydrogen-bond acceptors (Lipinski definition) is 2. The highest BCUT2D eigenvalue weighted by Crippen LogP contribution is 2.25. The molecular formula is C14H11Cl3N2O. The SMILES string of the molecule is O=C(CNc1ccccc1Cl)Nc1cc(Cl)ccc1Cl. The zero-order chi connectivity index (χ0) is 14.5. The molecule has 104 valence electrons. The third-order valence-electron chi connectivity index (χ3n) is 2.52. The van der Waals surface area contributed by atoms with Crippen molar-refractivity contribution in [1.82, 2.24) is 0 Å². The van der Waals surface area contributed by atoms with Gasteiger partial charge < -0.3 is 10.6 Å². The summed E-state index contributed by atoms with van der Waals surface area (Å²) in [7, 11) is 0. The molecule has 0 aliphatic rings. The topological polar surface area (TPSA) is 41.1 Å². The Kier molecular flexibility index (Phi) is 5.12. The van der Waals surface area contributed by atoms with Crippen molar-refractivity contribution in [1.29, 1.82) is 0 Å². The van der Waals surface area contributed by atoms with Crippen LogP contribution in [0.1, 0.15) is 0 Å². The number of halogens is 3. The van der Waals surface area contributed by atoms with Gasteiger partial charge in [0.25, 0.3) is 0 Å². The number of para-hydroxylation sites is 1. The number of anilines is 2. The first-order valence-corrected chi connectivity index (χ1v) is 6.93. The van der Waals surface area contributed by atoms with Crippen LogP contribution in [0.3, 0.4) is 0 Å². The number of benzene rings is 2. The standard InChI is InChI=1S/C14H11Cl3N2O/c15-9-5-6-11(17)13(7-9)19-14(20)8-18-12-4-2-1-3-10(12)16/h1-7,18H,8H2,(H,19,20). The van der Waals surface area contributed by atoms with E-state index in [2.05, 4.69) is 10.6 Å². The molecule has 0 aliphatic carbocycles. The van der Waals surface area contributed by atoms with Gasteiger partial charge in [-0.15, -0.1) is 0 Å². The van der Waals surface area contributed by atoms with E-state index in [4.69, 9.17) is 34.8 Å². The summed E-state index contributed by atoms with van der Waals surface area (Å²) in [5.74, 6) is -0.242. The maximum absolute atomic E-state index is 11.8. The number of hydrogen-bond donors (Lipinski definition) is 2. The molecule has 0 spiro atoms. The molecule has 2 N–H and O–H groups in total. The summed E-state index contributed by atoms with van der Waals surface area (Å²) in [6, 6.07) is 12.1. The molecule has 0 aliphatic heterocycles. The average molecular weight is 330 g/mol. The van der Waals surface area contributed by atoms with Gasteiger partial charge in [-0.05, 0) is 30.3 Å². The molecule has 20 heavy (non-hydrogen) atoms. The summed E-state index contributed by atoms with van der Waals surface area (Å²) in [5.41, 5.74) is 1.17. The minimum Gasteiger partial charge on any atom is -0.375 e. The van der Waals surface area contributed by atoms with Crippen LogP contribution in [0.25, 0.3) is 0 Å². The fraction of sp³-hybridized carbons (Fsp3) is 0.0714. The van der Waals surface area contributed by atoms with E-state index in [-0.39, 0.29) is 12.5 Å². The second-order valence-corrected chi connectivity index (χ2v) is 5.26. The van der Waals surface area contributed by atoms with Crippen molar-refractivity contribution >= 4 is 52.1 Å². The van der Waals surface area contributed by atoms with E-state index in [0.717, 1.165) is 0 Å². The summed E-state index contributed by atoms with van der Waals surface area (Å²) >= 11 is 17.8. The molecule has 0 saturated carbocycles. The lowest BCUT2D eigenvalue weighted by atomic mass is 10.3. The number of rotatable bonds is 4. The molecule has 0 radical (unpaired) electrons. The first-order chi connectivity index (χ1) is 9.56. The molecule has 2 rings (SSSR count). The molecule has 6 heteroatoms. The lowest BCUT2D eigenvalue weighted by Gasteiger charge is -2.10. The Balaban J connectivity index is 1.96. The molecule has 3 nitrogen and oxygen atoms in total. The molecular weight excluding hydrogens is 319 g/mol.